The molecule has 4 aromatic rings. The van der Waals surface area contributed by atoms with Crippen molar-refractivity contribution in [3.05, 3.63) is 48.4 Å². The van der Waals surface area contributed by atoms with Gasteiger partial charge in [-0.1, -0.05) is 0 Å². The Bertz CT molecular complexity index is 1490. The summed E-state index contributed by atoms with van der Waals surface area (Å²) in [6.45, 7) is 4.11. The van der Waals surface area contributed by atoms with Gasteiger partial charge in [0.25, 0.3) is 0 Å². The van der Waals surface area contributed by atoms with E-state index in [4.69, 9.17) is 20.2 Å². The van der Waals surface area contributed by atoms with Crippen molar-refractivity contribution >= 4 is 40.3 Å². The molecule has 0 atom stereocenters. The number of ether oxygens (including phenoxy) is 2. The quantitative estimate of drug-likeness (QED) is 0.400. The highest BCUT2D eigenvalue weighted by Gasteiger charge is 2.23. The van der Waals surface area contributed by atoms with E-state index in [1.54, 1.807) is 6.07 Å². The minimum absolute atomic E-state index is 0.109. The summed E-state index contributed by atoms with van der Waals surface area (Å²) in [5, 5.41) is 2.89. The van der Waals surface area contributed by atoms with E-state index in [9.17, 15) is 4.79 Å². The Morgan fingerprint density at radius 2 is 1.54 bits per heavy atom. The van der Waals surface area contributed by atoms with Gasteiger partial charge in [-0.25, -0.2) is 28.5 Å². The lowest BCUT2D eigenvalue weighted by Crippen LogP contribution is -2.37. The van der Waals surface area contributed by atoms with E-state index in [1.165, 1.54) is 35.3 Å². The number of amides is 1. The van der Waals surface area contributed by atoms with Crippen molar-refractivity contribution in [3.63, 3.8) is 0 Å². The lowest BCUT2D eigenvalue weighted by Gasteiger charge is -2.29. The lowest BCUT2D eigenvalue weighted by atomic mass is 10.2. The van der Waals surface area contributed by atoms with Crippen LogP contribution in [0.25, 0.3) is 22.3 Å². The number of hydrogen-bond acceptors (Lipinski definition) is 10. The minimum Gasteiger partial charge on any atom is -0.378 e. The average molecular weight is 538 g/mol. The first kappa shape index (κ1) is 24.9. The van der Waals surface area contributed by atoms with Gasteiger partial charge >= 0.3 is 6.03 Å². The van der Waals surface area contributed by atoms with Crippen molar-refractivity contribution in [3.8, 4) is 11.3 Å². The molecule has 1 aromatic carbocycles. The molecular weight excluding hydrogens is 512 g/mol. The van der Waals surface area contributed by atoms with Crippen LogP contribution in [0, 0.1) is 11.6 Å². The van der Waals surface area contributed by atoms with Crippen LogP contribution in [0.3, 0.4) is 0 Å². The number of rotatable bonds is 4. The monoisotopic (exact) mass is 537 g/mol. The Morgan fingerprint density at radius 3 is 2.18 bits per heavy atom. The Hall–Kier alpha value is -4.43. The van der Waals surface area contributed by atoms with Crippen molar-refractivity contribution in [1.82, 2.24) is 24.5 Å². The number of carbonyl (C=O) groups is 1. The number of nitrogens with zero attached hydrogens (tertiary/aromatic N) is 7. The summed E-state index contributed by atoms with van der Waals surface area (Å²) < 4.78 is 42.0. The molecule has 2 fully saturated rings. The molecule has 1 amide bonds. The number of halogens is 2. The van der Waals surface area contributed by atoms with E-state index in [-0.39, 0.29) is 11.6 Å². The van der Waals surface area contributed by atoms with Crippen LogP contribution in [-0.4, -0.2) is 83.1 Å². The van der Waals surface area contributed by atoms with Gasteiger partial charge in [-0.15, -0.1) is 0 Å². The molecule has 0 bridgehead atoms. The maximum atomic E-state index is 15.0. The van der Waals surface area contributed by atoms with Crippen molar-refractivity contribution in [1.29, 1.82) is 0 Å². The summed E-state index contributed by atoms with van der Waals surface area (Å²) in [4.78, 5) is 34.5. The molecule has 12 nitrogen and oxygen atoms in total. The first-order valence-electron chi connectivity index (χ1n) is 12.4. The molecule has 2 aliphatic rings. The third kappa shape index (κ3) is 4.91. The topological polar surface area (TPSA) is 137 Å². The maximum absolute atomic E-state index is 15.0. The van der Waals surface area contributed by atoms with Gasteiger partial charge < -0.3 is 30.3 Å². The summed E-state index contributed by atoms with van der Waals surface area (Å²) in [5.74, 6) is -1.29. The van der Waals surface area contributed by atoms with Crippen LogP contribution in [0.15, 0.2) is 36.8 Å². The Balaban J connectivity index is 1.36. The fourth-order valence-corrected chi connectivity index (χ4v) is 4.60. The highest BCUT2D eigenvalue weighted by atomic mass is 19.1. The number of aromatic nitrogens is 5. The van der Waals surface area contributed by atoms with E-state index >= 15 is 8.78 Å². The molecule has 3 N–H and O–H groups in total. The normalized spacial score (nSPS) is 16.1. The summed E-state index contributed by atoms with van der Waals surface area (Å²) in [6.07, 6.45) is 4.54. The highest BCUT2D eigenvalue weighted by molar-refractivity contribution is 6.01. The first-order valence-corrected chi connectivity index (χ1v) is 12.4. The molecule has 6 rings (SSSR count). The predicted octanol–water partition coefficient (Wildman–Crippen LogP) is 2.50. The van der Waals surface area contributed by atoms with E-state index in [2.05, 4.69) is 20.3 Å². The van der Waals surface area contributed by atoms with Gasteiger partial charge in [0.15, 0.2) is 17.3 Å². The SMILES string of the molecule is Nc1ncc(-c2nc(N3CCOCC3)nc3c2ccn3C(=O)Nc2c(F)cc(N3CCOCC3)cc2F)cn1. The molecule has 0 spiro atoms. The third-order valence-electron chi connectivity index (χ3n) is 6.63. The molecule has 2 aliphatic heterocycles. The number of anilines is 4. The van der Waals surface area contributed by atoms with Crippen LogP contribution in [0.5, 0.6) is 0 Å². The van der Waals surface area contributed by atoms with Gasteiger partial charge in [-0.05, 0) is 18.2 Å². The summed E-state index contributed by atoms with van der Waals surface area (Å²) in [6, 6.07) is 3.27. The number of fused-ring (bicyclic) bond motifs is 1. The molecule has 5 heterocycles. The third-order valence-corrected chi connectivity index (χ3v) is 6.63. The van der Waals surface area contributed by atoms with Crippen LogP contribution >= 0.6 is 0 Å². The first-order chi connectivity index (χ1) is 19.0. The molecular formula is C25H25F2N9O3. The number of hydrogen-bond donors (Lipinski definition) is 2. The Morgan fingerprint density at radius 1 is 0.923 bits per heavy atom. The zero-order valence-electron chi connectivity index (χ0n) is 20.8. The second-order valence-corrected chi connectivity index (χ2v) is 9.04. The van der Waals surface area contributed by atoms with Gasteiger partial charge in [0.1, 0.15) is 5.69 Å². The smallest absolute Gasteiger partial charge is 0.331 e. The molecule has 3 aromatic heterocycles. The zero-order chi connectivity index (χ0) is 26.9. The van der Waals surface area contributed by atoms with Crippen LogP contribution in [0.1, 0.15) is 0 Å². The van der Waals surface area contributed by atoms with Crippen molar-refractivity contribution in [2.45, 2.75) is 0 Å². The van der Waals surface area contributed by atoms with Gasteiger partial charge in [0.2, 0.25) is 11.9 Å². The summed E-state index contributed by atoms with van der Waals surface area (Å²) in [7, 11) is 0. The van der Waals surface area contributed by atoms with Gasteiger partial charge in [-0.2, -0.15) is 4.98 Å². The van der Waals surface area contributed by atoms with Crippen molar-refractivity contribution in [2.24, 2.45) is 0 Å². The van der Waals surface area contributed by atoms with Crippen molar-refractivity contribution < 1.29 is 23.0 Å². The summed E-state index contributed by atoms with van der Waals surface area (Å²) >= 11 is 0. The lowest BCUT2D eigenvalue weighted by molar-refractivity contribution is 0.122. The van der Waals surface area contributed by atoms with E-state index in [0.29, 0.717) is 80.9 Å². The molecule has 39 heavy (non-hydrogen) atoms. The van der Waals surface area contributed by atoms with E-state index in [1.807, 2.05) is 9.80 Å². The van der Waals surface area contributed by atoms with Gasteiger partial charge in [0.05, 0.1) is 32.1 Å². The van der Waals surface area contributed by atoms with E-state index < -0.39 is 23.4 Å². The highest BCUT2D eigenvalue weighted by Crippen LogP contribution is 2.30. The summed E-state index contributed by atoms with van der Waals surface area (Å²) in [5.41, 5.74) is 6.80. The number of morpholine rings is 2. The zero-order valence-corrected chi connectivity index (χ0v) is 20.8. The minimum atomic E-state index is -0.885. The van der Waals surface area contributed by atoms with Crippen molar-refractivity contribution in [2.75, 3.05) is 73.5 Å². The Labute approximate surface area is 221 Å². The fourth-order valence-electron chi connectivity index (χ4n) is 4.60. The number of nitrogens with two attached hydrogens (primary N) is 1. The second-order valence-electron chi connectivity index (χ2n) is 9.04. The number of nitrogen functional groups attached to an aromatic ring is 1. The molecule has 14 heteroatoms. The molecule has 0 radical (unpaired) electrons. The molecule has 202 valence electrons. The van der Waals surface area contributed by atoms with E-state index in [0.717, 1.165) is 0 Å². The Kier molecular flexibility index (Phi) is 6.62. The standard InChI is InChI=1S/C25H25F2N9O3/c26-18-11-16(34-3-7-38-8-4-34)12-19(27)21(18)32-25(37)36-2-1-17-20(15-13-29-23(28)30-14-15)31-24(33-22(17)36)35-5-9-39-10-6-35/h1-2,11-14H,3-10H2,(H,32,37)(H2,28,29,30). The second kappa shape index (κ2) is 10.4. The van der Waals surface area contributed by atoms with Crippen LogP contribution in [-0.2, 0) is 9.47 Å². The fraction of sp³-hybridized carbons (Fsp3) is 0.320. The maximum Gasteiger partial charge on any atom is 0.331 e. The predicted molar refractivity (Wildman–Crippen MR) is 140 cm³/mol. The van der Waals surface area contributed by atoms with Crippen LogP contribution < -0.4 is 20.9 Å². The van der Waals surface area contributed by atoms with Crippen LogP contribution in [0.2, 0.25) is 0 Å². The number of carbonyl (C=O) groups excluding carboxylic acids is 1. The van der Waals surface area contributed by atoms with Crippen LogP contribution in [0.4, 0.5) is 36.8 Å². The molecule has 0 saturated carbocycles. The largest absolute Gasteiger partial charge is 0.378 e. The van der Waals surface area contributed by atoms with Gasteiger partial charge in [-0.3, -0.25) is 4.57 Å². The number of benzene rings is 1. The number of nitrogens with one attached hydrogen (secondary N) is 1. The molecule has 0 aliphatic carbocycles. The molecule has 2 saturated heterocycles. The average Bonchev–Trinajstić information content (AvgIpc) is 3.40. The molecule has 0 unspecified atom stereocenters. The van der Waals surface area contributed by atoms with Gasteiger partial charge in [0, 0.05) is 61.4 Å².